The molecule has 1 aliphatic rings. The molecule has 0 fully saturated rings. The molecule has 1 aliphatic heterocycles. The van der Waals surface area contributed by atoms with Gasteiger partial charge in [0, 0.05) is 6.42 Å². The van der Waals surface area contributed by atoms with E-state index in [9.17, 15) is 18.7 Å². The van der Waals surface area contributed by atoms with Gasteiger partial charge >= 0.3 is 5.97 Å². The maximum atomic E-state index is 12.1. The van der Waals surface area contributed by atoms with E-state index in [1.54, 1.807) is 12.1 Å². The Labute approximate surface area is 173 Å². The summed E-state index contributed by atoms with van der Waals surface area (Å²) in [6.07, 6.45) is 0.640. The molecular weight excluding hydrogens is 425 g/mol. The van der Waals surface area contributed by atoms with Crippen LogP contribution in [0.3, 0.4) is 0 Å². The van der Waals surface area contributed by atoms with Gasteiger partial charge < -0.3 is 4.74 Å². The quantitative estimate of drug-likeness (QED) is 0.614. The average Bonchev–Trinajstić information content (AvgIpc) is 2.85. The van der Waals surface area contributed by atoms with Crippen LogP contribution >= 0.6 is 34.0 Å². The van der Waals surface area contributed by atoms with Crippen molar-refractivity contribution in [2.24, 2.45) is 0 Å². The third-order valence-corrected chi connectivity index (χ3v) is 7.01. The number of nitrogens with zero attached hydrogens (tertiary/aromatic N) is 1. The van der Waals surface area contributed by atoms with Crippen molar-refractivity contribution >= 4 is 51.5 Å². The van der Waals surface area contributed by atoms with Crippen molar-refractivity contribution in [1.82, 2.24) is 0 Å². The Kier molecular flexibility index (Phi) is 6.32. The van der Waals surface area contributed by atoms with Crippen molar-refractivity contribution < 1.29 is 23.4 Å². The van der Waals surface area contributed by atoms with Crippen LogP contribution in [0.4, 0.5) is 5.69 Å². The van der Waals surface area contributed by atoms with E-state index in [-0.39, 0.29) is 24.7 Å². The Hall–Kier alpha value is -2.03. The lowest BCUT2D eigenvalue weighted by atomic mass is 10.1. The lowest BCUT2D eigenvalue weighted by molar-refractivity contribution is -0.144. The predicted octanol–water partition coefficient (Wildman–Crippen LogP) is 5.02. The van der Waals surface area contributed by atoms with Gasteiger partial charge in [-0.25, -0.2) is 0 Å². The van der Waals surface area contributed by atoms with E-state index in [4.69, 9.17) is 27.9 Å². The lowest BCUT2D eigenvalue weighted by Crippen LogP contribution is -2.28. The van der Waals surface area contributed by atoms with E-state index in [2.05, 4.69) is 0 Å². The fraction of sp³-hybridized carbons (Fsp3) is 0.158. The molecule has 0 aromatic heterocycles. The number of anilines is 1. The van der Waals surface area contributed by atoms with Gasteiger partial charge in [-0.15, -0.1) is 0 Å². The number of hydrogen-bond acceptors (Lipinski definition) is 5. The van der Waals surface area contributed by atoms with Gasteiger partial charge in [0.2, 0.25) is 0 Å². The number of aryl methyl sites for hydroxylation is 1. The van der Waals surface area contributed by atoms with Crippen LogP contribution in [0.2, 0.25) is 0 Å². The molecule has 3 rings (SSSR count). The summed E-state index contributed by atoms with van der Waals surface area (Å²) in [5.74, 6) is -1.09. The number of carbonyl (C=O) groups excluding carboxylic acids is 2. The van der Waals surface area contributed by atoms with Gasteiger partial charge in [-0.3, -0.25) is 18.7 Å². The number of halogens is 2. The summed E-state index contributed by atoms with van der Waals surface area (Å²) < 4.78 is 25.8. The van der Waals surface area contributed by atoms with Crippen LogP contribution in [0.1, 0.15) is 17.5 Å². The number of hydrogen-bond donors (Lipinski definition) is 2. The molecule has 9 heteroatoms. The van der Waals surface area contributed by atoms with E-state index in [0.29, 0.717) is 6.42 Å². The van der Waals surface area contributed by atoms with Crippen molar-refractivity contribution in [3.8, 4) is 0 Å². The van der Waals surface area contributed by atoms with Crippen molar-refractivity contribution in [2.75, 3.05) is 4.31 Å². The smallest absolute Gasteiger partial charge is 0.306 e. The molecule has 0 atom stereocenters. The largest absolute Gasteiger partial charge is 0.461 e. The molecule has 0 bridgehead atoms. The monoisotopic (exact) mass is 441 g/mol. The lowest BCUT2D eigenvalue weighted by Gasteiger charge is -2.36. The minimum atomic E-state index is -3.67. The SMILES string of the molecule is O=C(CCc1ccc(N2C(=O)C(Cl)=C(Cl)S2(O)O)cc1)OCc1ccccc1. The Morgan fingerprint density at radius 1 is 1.00 bits per heavy atom. The standard InChI is InChI=1S/C19H17Cl2NO5S/c20-17-18(21)28(25,26)22(19(17)24)15-9-6-13(7-10-15)8-11-16(23)27-12-14-4-2-1-3-5-14/h1-7,9-10,25-26H,8,11-12H2. The van der Waals surface area contributed by atoms with E-state index >= 15 is 0 Å². The molecule has 148 valence electrons. The summed E-state index contributed by atoms with van der Waals surface area (Å²) in [5.41, 5.74) is 1.99. The highest BCUT2D eigenvalue weighted by atomic mass is 35.5. The van der Waals surface area contributed by atoms with Crippen LogP contribution in [0, 0.1) is 0 Å². The summed E-state index contributed by atoms with van der Waals surface area (Å²) >= 11 is 11.5. The van der Waals surface area contributed by atoms with Crippen LogP contribution < -0.4 is 4.31 Å². The number of amides is 1. The molecular formula is C19H17Cl2NO5S. The maximum absolute atomic E-state index is 12.1. The maximum Gasteiger partial charge on any atom is 0.306 e. The van der Waals surface area contributed by atoms with Crippen molar-refractivity contribution in [1.29, 1.82) is 0 Å². The molecule has 2 aromatic rings. The second-order valence-corrected chi connectivity index (χ2v) is 8.81. The molecule has 1 amide bonds. The van der Waals surface area contributed by atoms with E-state index in [1.807, 2.05) is 30.3 Å². The van der Waals surface area contributed by atoms with E-state index in [1.165, 1.54) is 12.1 Å². The minimum Gasteiger partial charge on any atom is -0.461 e. The van der Waals surface area contributed by atoms with Gasteiger partial charge in [0.05, 0.1) is 5.69 Å². The third kappa shape index (κ3) is 4.34. The van der Waals surface area contributed by atoms with Crippen molar-refractivity contribution in [3.63, 3.8) is 0 Å². The Morgan fingerprint density at radius 3 is 2.21 bits per heavy atom. The minimum absolute atomic E-state index is 0.198. The van der Waals surface area contributed by atoms with E-state index in [0.717, 1.165) is 15.4 Å². The topological polar surface area (TPSA) is 87.1 Å². The van der Waals surface area contributed by atoms with Crippen LogP contribution in [0.25, 0.3) is 0 Å². The average molecular weight is 442 g/mol. The summed E-state index contributed by atoms with van der Waals surface area (Å²) in [6.45, 7) is 0.224. The van der Waals surface area contributed by atoms with Crippen LogP contribution in [-0.2, 0) is 27.4 Å². The summed E-state index contributed by atoms with van der Waals surface area (Å²) in [7, 11) is -3.67. The summed E-state index contributed by atoms with van der Waals surface area (Å²) in [4.78, 5) is 24.0. The van der Waals surface area contributed by atoms with Gasteiger partial charge in [0.1, 0.15) is 11.6 Å². The zero-order chi connectivity index (χ0) is 20.3. The zero-order valence-electron chi connectivity index (χ0n) is 14.5. The molecule has 6 nitrogen and oxygen atoms in total. The Morgan fingerprint density at radius 2 is 1.64 bits per heavy atom. The fourth-order valence-electron chi connectivity index (χ4n) is 2.61. The normalized spacial score (nSPS) is 17.0. The van der Waals surface area contributed by atoms with Crippen LogP contribution in [0.5, 0.6) is 0 Å². The highest BCUT2D eigenvalue weighted by Crippen LogP contribution is 2.61. The third-order valence-electron chi connectivity index (χ3n) is 4.07. The van der Waals surface area contributed by atoms with Gasteiger partial charge in [0.15, 0.2) is 4.36 Å². The predicted molar refractivity (Wildman–Crippen MR) is 110 cm³/mol. The van der Waals surface area contributed by atoms with Gasteiger partial charge in [0.25, 0.3) is 5.91 Å². The molecule has 0 radical (unpaired) electrons. The number of esters is 1. The summed E-state index contributed by atoms with van der Waals surface area (Å²) in [5, 5.41) is -0.410. The van der Waals surface area contributed by atoms with Crippen LogP contribution in [0.15, 0.2) is 64.0 Å². The molecule has 0 unspecified atom stereocenters. The first kappa shape index (κ1) is 20.7. The molecule has 28 heavy (non-hydrogen) atoms. The Balaban J connectivity index is 1.56. The molecule has 2 N–H and O–H groups in total. The van der Waals surface area contributed by atoms with Crippen LogP contribution in [-0.4, -0.2) is 21.0 Å². The second-order valence-electron chi connectivity index (χ2n) is 6.02. The van der Waals surface area contributed by atoms with E-state index < -0.39 is 26.1 Å². The number of ether oxygens (including phenoxy) is 1. The number of carbonyl (C=O) groups is 2. The first-order valence-electron chi connectivity index (χ1n) is 8.27. The number of benzene rings is 2. The molecule has 0 aliphatic carbocycles. The molecule has 2 aromatic carbocycles. The zero-order valence-corrected chi connectivity index (χ0v) is 16.9. The molecule has 0 saturated carbocycles. The fourth-order valence-corrected chi connectivity index (χ4v) is 4.57. The molecule has 0 spiro atoms. The Bertz CT molecular complexity index is 916. The summed E-state index contributed by atoms with van der Waals surface area (Å²) in [6, 6.07) is 15.8. The molecule has 1 heterocycles. The highest BCUT2D eigenvalue weighted by Gasteiger charge is 2.43. The van der Waals surface area contributed by atoms with Gasteiger partial charge in [-0.05, 0) is 29.7 Å². The highest BCUT2D eigenvalue weighted by molar-refractivity contribution is 8.30. The van der Waals surface area contributed by atoms with Gasteiger partial charge in [-0.1, -0.05) is 76.4 Å². The molecule has 0 saturated heterocycles. The van der Waals surface area contributed by atoms with Crippen molar-refractivity contribution in [3.05, 3.63) is 75.1 Å². The number of rotatable bonds is 6. The van der Waals surface area contributed by atoms with Crippen molar-refractivity contribution in [2.45, 2.75) is 19.4 Å². The first-order chi connectivity index (χ1) is 13.3. The first-order valence-corrected chi connectivity index (χ1v) is 10.5. The second kappa shape index (κ2) is 8.55. The van der Waals surface area contributed by atoms with Gasteiger partial charge in [-0.2, -0.15) is 4.31 Å².